The second kappa shape index (κ2) is 22.3. The Labute approximate surface area is 261 Å². The third kappa shape index (κ3) is 19.8. The van der Waals surface area contributed by atoms with Gasteiger partial charge in [-0.3, -0.25) is 9.59 Å². The first-order valence-corrected chi connectivity index (χ1v) is 15.0. The summed E-state index contributed by atoms with van der Waals surface area (Å²) in [6.07, 6.45) is -0.408. The van der Waals surface area contributed by atoms with Crippen LogP contribution < -0.4 is 16.0 Å². The number of nitrogens with one attached hydrogen (secondary N) is 3. The maximum absolute atomic E-state index is 12.8. The summed E-state index contributed by atoms with van der Waals surface area (Å²) >= 11 is 0. The van der Waals surface area contributed by atoms with Gasteiger partial charge in [0.25, 0.3) is 0 Å². The first-order chi connectivity index (χ1) is 20.9. The average Bonchev–Trinajstić information content (AvgIpc) is 2.95. The highest BCUT2D eigenvalue weighted by Crippen LogP contribution is 2.07. The van der Waals surface area contributed by atoms with E-state index in [0.717, 1.165) is 5.56 Å². The second-order valence-corrected chi connectivity index (χ2v) is 11.2. The lowest BCUT2D eigenvalue weighted by atomic mass is 10.0. The molecule has 0 aromatic heterocycles. The summed E-state index contributed by atoms with van der Waals surface area (Å²) in [5.74, 6) is -1.56. The summed E-state index contributed by atoms with van der Waals surface area (Å²) in [4.78, 5) is 48.9. The Morgan fingerprint density at radius 2 is 1.30 bits per heavy atom. The van der Waals surface area contributed by atoms with Crippen LogP contribution in [0.4, 0.5) is 4.79 Å². The van der Waals surface area contributed by atoms with Crippen LogP contribution in [0.2, 0.25) is 0 Å². The third-order valence-electron chi connectivity index (χ3n) is 5.71. The van der Waals surface area contributed by atoms with Gasteiger partial charge in [0, 0.05) is 13.0 Å². The van der Waals surface area contributed by atoms with Crippen molar-refractivity contribution in [2.24, 2.45) is 5.92 Å². The summed E-state index contributed by atoms with van der Waals surface area (Å²) in [7, 11) is 0. The Morgan fingerprint density at radius 1 is 0.750 bits per heavy atom. The van der Waals surface area contributed by atoms with Gasteiger partial charge in [-0.1, -0.05) is 44.2 Å². The maximum atomic E-state index is 12.8. The van der Waals surface area contributed by atoms with Crippen molar-refractivity contribution >= 4 is 23.9 Å². The smallest absolute Gasteiger partial charge is 0.407 e. The molecular formula is C31H51N3O10. The number of amides is 3. The number of rotatable bonds is 22. The zero-order valence-corrected chi connectivity index (χ0v) is 27.0. The molecule has 0 heterocycles. The second-order valence-electron chi connectivity index (χ2n) is 11.2. The molecule has 250 valence electrons. The van der Waals surface area contributed by atoms with Gasteiger partial charge >= 0.3 is 12.1 Å². The van der Waals surface area contributed by atoms with E-state index in [0.29, 0.717) is 52.8 Å². The number of carbonyl (C=O) groups excluding carboxylic acids is 4. The van der Waals surface area contributed by atoms with Gasteiger partial charge in [-0.15, -0.1) is 0 Å². The number of hydrogen-bond donors (Lipinski definition) is 3. The van der Waals surface area contributed by atoms with Gasteiger partial charge in [0.1, 0.15) is 24.3 Å². The van der Waals surface area contributed by atoms with Crippen LogP contribution in [0.25, 0.3) is 0 Å². The van der Waals surface area contributed by atoms with E-state index < -0.39 is 35.7 Å². The van der Waals surface area contributed by atoms with Crippen LogP contribution in [-0.2, 0) is 49.4 Å². The van der Waals surface area contributed by atoms with Gasteiger partial charge in [0.05, 0.1) is 52.9 Å². The lowest BCUT2D eigenvalue weighted by Crippen LogP contribution is -2.53. The SMILES string of the molecule is CC(C)[C@H](NC(=O)CCOCCOCCOCCOCCNC(=O)OC(C)(C)C)C(=O)N[C@@H](C)C(=O)OCc1ccccc1. The molecule has 2 atom stereocenters. The predicted molar refractivity (Wildman–Crippen MR) is 163 cm³/mol. The van der Waals surface area contributed by atoms with Gasteiger partial charge in [-0.05, 0) is 39.2 Å². The van der Waals surface area contributed by atoms with E-state index in [1.54, 1.807) is 34.6 Å². The fourth-order valence-corrected chi connectivity index (χ4v) is 3.46. The lowest BCUT2D eigenvalue weighted by molar-refractivity contribution is -0.149. The highest BCUT2D eigenvalue weighted by molar-refractivity contribution is 5.90. The van der Waals surface area contributed by atoms with E-state index >= 15 is 0 Å². The molecule has 0 aliphatic carbocycles. The van der Waals surface area contributed by atoms with Crippen molar-refractivity contribution in [2.75, 3.05) is 59.4 Å². The molecule has 0 saturated heterocycles. The topological polar surface area (TPSA) is 160 Å². The van der Waals surface area contributed by atoms with Gasteiger partial charge in [0.15, 0.2) is 0 Å². The van der Waals surface area contributed by atoms with E-state index in [1.807, 2.05) is 30.3 Å². The molecule has 1 aromatic carbocycles. The average molecular weight is 626 g/mol. The molecule has 0 aliphatic rings. The molecule has 0 unspecified atom stereocenters. The van der Waals surface area contributed by atoms with Gasteiger partial charge in [0.2, 0.25) is 11.8 Å². The highest BCUT2D eigenvalue weighted by Gasteiger charge is 2.27. The van der Waals surface area contributed by atoms with Crippen LogP contribution in [0.3, 0.4) is 0 Å². The summed E-state index contributed by atoms with van der Waals surface area (Å²) in [5.41, 5.74) is 0.308. The predicted octanol–water partition coefficient (Wildman–Crippen LogP) is 2.36. The Hall–Kier alpha value is -3.26. The molecule has 0 bridgehead atoms. The molecular weight excluding hydrogens is 574 g/mol. The van der Waals surface area contributed by atoms with Crippen molar-refractivity contribution in [3.63, 3.8) is 0 Å². The number of esters is 1. The standard InChI is InChI=1S/C31H51N3O10/c1-23(2)27(28(36)33-24(3)29(37)43-22-25-10-8-7-9-11-25)34-26(35)12-14-39-16-18-41-20-21-42-19-17-40-15-13-32-30(38)44-31(4,5)6/h7-11,23-24,27H,12-22H2,1-6H3,(H,32,38)(H,33,36)(H,34,35)/t24-,27-/m0/s1. The van der Waals surface area contributed by atoms with Crippen molar-refractivity contribution < 1.29 is 47.6 Å². The van der Waals surface area contributed by atoms with E-state index in [9.17, 15) is 19.2 Å². The Morgan fingerprint density at radius 3 is 1.84 bits per heavy atom. The minimum Gasteiger partial charge on any atom is -0.459 e. The molecule has 3 N–H and O–H groups in total. The molecule has 1 rings (SSSR count). The summed E-state index contributed by atoms with van der Waals surface area (Å²) in [6, 6.07) is 7.56. The van der Waals surface area contributed by atoms with Crippen LogP contribution in [-0.4, -0.2) is 101 Å². The molecule has 0 radical (unpaired) electrons. The van der Waals surface area contributed by atoms with Crippen LogP contribution in [0.1, 0.15) is 53.5 Å². The minimum absolute atomic E-state index is 0.0710. The fraction of sp³-hybridized carbons (Fsp3) is 0.677. The number of benzene rings is 1. The van der Waals surface area contributed by atoms with Crippen molar-refractivity contribution in [2.45, 2.75) is 72.3 Å². The zero-order valence-electron chi connectivity index (χ0n) is 27.0. The third-order valence-corrected chi connectivity index (χ3v) is 5.71. The van der Waals surface area contributed by atoms with Crippen LogP contribution in [0.15, 0.2) is 30.3 Å². The molecule has 0 spiro atoms. The minimum atomic E-state index is -0.869. The molecule has 13 nitrogen and oxygen atoms in total. The van der Waals surface area contributed by atoms with E-state index in [4.69, 9.17) is 28.4 Å². The normalized spacial score (nSPS) is 12.7. The maximum Gasteiger partial charge on any atom is 0.407 e. The molecule has 44 heavy (non-hydrogen) atoms. The van der Waals surface area contributed by atoms with E-state index in [-0.39, 0.29) is 31.5 Å². The Kier molecular flexibility index (Phi) is 19.6. The molecule has 0 aliphatic heterocycles. The number of alkyl carbamates (subject to hydrolysis) is 1. The van der Waals surface area contributed by atoms with Crippen LogP contribution in [0, 0.1) is 5.92 Å². The van der Waals surface area contributed by atoms with Gasteiger partial charge < -0.3 is 44.4 Å². The molecule has 13 heteroatoms. The Balaban J connectivity index is 2.07. The largest absolute Gasteiger partial charge is 0.459 e. The highest BCUT2D eigenvalue weighted by atomic mass is 16.6. The molecule has 0 fully saturated rings. The summed E-state index contributed by atoms with van der Waals surface area (Å²) < 4.78 is 32.1. The van der Waals surface area contributed by atoms with Crippen LogP contribution in [0.5, 0.6) is 0 Å². The zero-order chi connectivity index (χ0) is 32.8. The van der Waals surface area contributed by atoms with Crippen molar-refractivity contribution in [3.05, 3.63) is 35.9 Å². The van der Waals surface area contributed by atoms with Crippen LogP contribution >= 0.6 is 0 Å². The summed E-state index contributed by atoms with van der Waals surface area (Å²) in [5, 5.41) is 7.94. The number of carbonyl (C=O) groups is 4. The van der Waals surface area contributed by atoms with E-state index in [2.05, 4.69) is 16.0 Å². The molecule has 0 saturated carbocycles. The number of hydrogen-bond acceptors (Lipinski definition) is 10. The molecule has 1 aromatic rings. The molecule has 3 amide bonds. The quantitative estimate of drug-likeness (QED) is 0.129. The number of ether oxygens (including phenoxy) is 6. The Bertz CT molecular complexity index is 969. The van der Waals surface area contributed by atoms with Gasteiger partial charge in [-0.25, -0.2) is 9.59 Å². The lowest BCUT2D eigenvalue weighted by Gasteiger charge is -2.23. The monoisotopic (exact) mass is 625 g/mol. The van der Waals surface area contributed by atoms with E-state index in [1.165, 1.54) is 6.92 Å². The van der Waals surface area contributed by atoms with Crippen molar-refractivity contribution in [1.82, 2.24) is 16.0 Å². The summed E-state index contributed by atoms with van der Waals surface area (Å²) in [6.45, 7) is 13.7. The fourth-order valence-electron chi connectivity index (χ4n) is 3.46. The van der Waals surface area contributed by atoms with Crippen molar-refractivity contribution in [3.8, 4) is 0 Å². The van der Waals surface area contributed by atoms with Gasteiger partial charge in [-0.2, -0.15) is 0 Å². The van der Waals surface area contributed by atoms with Crippen molar-refractivity contribution in [1.29, 1.82) is 0 Å². The first-order valence-electron chi connectivity index (χ1n) is 15.0. The first kappa shape index (κ1) is 38.8.